The van der Waals surface area contributed by atoms with Crippen molar-refractivity contribution >= 4 is 40.5 Å². The van der Waals surface area contributed by atoms with Crippen LogP contribution in [0.2, 0.25) is 0 Å². The Hall–Kier alpha value is -4.79. The third-order valence-electron chi connectivity index (χ3n) is 9.45. The number of benzene rings is 2. The van der Waals surface area contributed by atoms with Gasteiger partial charge < -0.3 is 19.6 Å². The molecule has 2 aliphatic heterocycles. The fraction of sp³-hybridized carbons (Fsp3) is 0.289. The van der Waals surface area contributed by atoms with Crippen molar-refractivity contribution < 1.29 is 23.8 Å². The Balaban J connectivity index is 1.10. The number of pyridine rings is 1. The number of para-hydroxylation sites is 1. The first-order chi connectivity index (χ1) is 22.5. The van der Waals surface area contributed by atoms with E-state index in [2.05, 4.69) is 17.2 Å². The number of imide groups is 1. The molecule has 2 amide bonds. The average molecular weight is 616 g/mol. The maximum absolute atomic E-state index is 14.0. The largest absolute Gasteiger partial charge is 0.459 e. The number of aliphatic hydroxyl groups is 1. The number of fused-ring (bicyclic) bond motifs is 3. The molecule has 1 aliphatic carbocycles. The number of furan rings is 1. The van der Waals surface area contributed by atoms with Crippen LogP contribution in [0.15, 0.2) is 107 Å². The number of rotatable bonds is 10. The lowest BCUT2D eigenvalue weighted by molar-refractivity contribution is -0.122. The van der Waals surface area contributed by atoms with E-state index in [0.717, 1.165) is 29.1 Å². The van der Waals surface area contributed by atoms with Gasteiger partial charge in [-0.05, 0) is 104 Å². The lowest BCUT2D eigenvalue weighted by Crippen LogP contribution is -2.34. The number of aromatic nitrogens is 1. The SMILES string of the molecule is CCC1=C2[C@@H](CC/C(=C/c3ccc(CO)o3)c3ccccn3)OC[C@@H]2[C@@H]2C(=O)N(c3ccc(Nc4ccccc4)cc3)C(=O)[C@@H]2C1. The summed E-state index contributed by atoms with van der Waals surface area (Å²) in [6, 6.07) is 26.8. The van der Waals surface area contributed by atoms with E-state index >= 15 is 0 Å². The number of nitrogens with zero attached hydrogens (tertiary/aromatic N) is 2. The van der Waals surface area contributed by atoms with Crippen LogP contribution in [-0.2, 0) is 20.9 Å². The second-order valence-electron chi connectivity index (χ2n) is 12.1. The Morgan fingerprint density at radius 2 is 1.74 bits per heavy atom. The first-order valence-electron chi connectivity index (χ1n) is 16.0. The van der Waals surface area contributed by atoms with Gasteiger partial charge in [-0.15, -0.1) is 0 Å². The number of nitrogens with one attached hydrogen (secondary N) is 1. The molecule has 46 heavy (non-hydrogen) atoms. The van der Waals surface area contributed by atoms with Gasteiger partial charge in [0.25, 0.3) is 0 Å². The van der Waals surface area contributed by atoms with E-state index < -0.39 is 5.92 Å². The first kappa shape index (κ1) is 29.9. The molecule has 3 aliphatic rings. The molecule has 4 atom stereocenters. The van der Waals surface area contributed by atoms with Gasteiger partial charge in [0.1, 0.15) is 18.1 Å². The van der Waals surface area contributed by atoms with Gasteiger partial charge in [-0.1, -0.05) is 36.8 Å². The molecule has 2 fully saturated rings. The maximum Gasteiger partial charge on any atom is 0.238 e. The van der Waals surface area contributed by atoms with Crippen molar-refractivity contribution in [2.24, 2.45) is 17.8 Å². The van der Waals surface area contributed by atoms with Crippen molar-refractivity contribution in [3.63, 3.8) is 0 Å². The molecule has 8 heteroatoms. The summed E-state index contributed by atoms with van der Waals surface area (Å²) in [7, 11) is 0. The van der Waals surface area contributed by atoms with Crippen molar-refractivity contribution in [1.29, 1.82) is 0 Å². The lowest BCUT2D eigenvalue weighted by atomic mass is 9.69. The summed E-state index contributed by atoms with van der Waals surface area (Å²) in [6.07, 6.45) is 6.39. The van der Waals surface area contributed by atoms with Crippen LogP contribution < -0.4 is 10.2 Å². The molecule has 7 rings (SSSR count). The van der Waals surface area contributed by atoms with Crippen molar-refractivity contribution in [2.75, 3.05) is 16.8 Å². The summed E-state index contributed by atoms with van der Waals surface area (Å²) in [5.41, 5.74) is 6.75. The summed E-state index contributed by atoms with van der Waals surface area (Å²) in [5.74, 6) is 0.00914. The average Bonchev–Trinajstić information content (AvgIpc) is 3.80. The highest BCUT2D eigenvalue weighted by molar-refractivity contribution is 6.22. The molecule has 0 radical (unpaired) electrons. The van der Waals surface area contributed by atoms with Gasteiger partial charge in [0, 0.05) is 23.5 Å². The Morgan fingerprint density at radius 1 is 0.957 bits per heavy atom. The smallest absolute Gasteiger partial charge is 0.238 e. The molecule has 0 bridgehead atoms. The van der Waals surface area contributed by atoms with Gasteiger partial charge in [0.05, 0.1) is 35.9 Å². The molecule has 4 heterocycles. The quantitative estimate of drug-likeness (QED) is 0.144. The van der Waals surface area contributed by atoms with E-state index in [0.29, 0.717) is 43.1 Å². The molecule has 8 nitrogen and oxygen atoms in total. The van der Waals surface area contributed by atoms with E-state index in [-0.39, 0.29) is 36.4 Å². The lowest BCUT2D eigenvalue weighted by Gasteiger charge is -2.31. The van der Waals surface area contributed by atoms with Gasteiger partial charge in [-0.2, -0.15) is 0 Å². The van der Waals surface area contributed by atoms with Crippen LogP contribution in [0.25, 0.3) is 11.6 Å². The minimum atomic E-state index is -0.421. The standard InChI is InChI=1S/C38H37N3O5/c1-2-24-21-31-36(38(44)41(37(31)43)28-14-12-27(13-15-28)40-26-8-4-3-5-9-26)32-23-45-34(35(24)32)18-11-25(33-10-6-7-19-39-33)20-29-16-17-30(22-42)46-29/h3-10,12-17,19-20,31-32,34,36,40,42H,2,11,18,21-23H2,1H3/b25-20-/t31-,32+,34-,36-/m1/s1. The number of allylic oxidation sites excluding steroid dienone is 2. The molecular weight excluding hydrogens is 578 g/mol. The molecule has 0 unspecified atom stereocenters. The number of hydrogen-bond acceptors (Lipinski definition) is 7. The minimum absolute atomic E-state index is 0.112. The highest BCUT2D eigenvalue weighted by Crippen LogP contribution is 2.51. The van der Waals surface area contributed by atoms with Crippen LogP contribution in [0.4, 0.5) is 17.1 Å². The van der Waals surface area contributed by atoms with E-state index in [1.165, 1.54) is 16.0 Å². The van der Waals surface area contributed by atoms with Gasteiger partial charge in [-0.25, -0.2) is 0 Å². The molecule has 2 aromatic carbocycles. The predicted molar refractivity (Wildman–Crippen MR) is 177 cm³/mol. The van der Waals surface area contributed by atoms with Crippen molar-refractivity contribution in [2.45, 2.75) is 45.3 Å². The Kier molecular flexibility index (Phi) is 8.39. The van der Waals surface area contributed by atoms with E-state index in [4.69, 9.17) is 9.15 Å². The van der Waals surface area contributed by atoms with Crippen LogP contribution in [0.3, 0.4) is 0 Å². The summed E-state index contributed by atoms with van der Waals surface area (Å²) in [6.45, 7) is 2.40. The third kappa shape index (κ3) is 5.70. The zero-order chi connectivity index (χ0) is 31.6. The van der Waals surface area contributed by atoms with Gasteiger partial charge in [-0.3, -0.25) is 19.5 Å². The Morgan fingerprint density at radius 3 is 2.46 bits per heavy atom. The summed E-state index contributed by atoms with van der Waals surface area (Å²) >= 11 is 0. The summed E-state index contributed by atoms with van der Waals surface area (Å²) < 4.78 is 12.2. The highest BCUT2D eigenvalue weighted by Gasteiger charge is 2.57. The number of anilines is 3. The fourth-order valence-corrected chi connectivity index (χ4v) is 7.29. The molecule has 2 saturated heterocycles. The van der Waals surface area contributed by atoms with Crippen LogP contribution in [0.5, 0.6) is 0 Å². The highest BCUT2D eigenvalue weighted by atomic mass is 16.5. The van der Waals surface area contributed by atoms with Gasteiger partial charge in [0.15, 0.2) is 0 Å². The molecule has 234 valence electrons. The van der Waals surface area contributed by atoms with E-state index in [1.54, 1.807) is 12.3 Å². The van der Waals surface area contributed by atoms with Crippen LogP contribution in [0, 0.1) is 17.8 Å². The normalized spacial score (nSPS) is 22.7. The number of carbonyl (C=O) groups excluding carboxylic acids is 2. The Labute approximate surface area is 268 Å². The minimum Gasteiger partial charge on any atom is -0.459 e. The number of aliphatic hydroxyl groups excluding tert-OH is 1. The molecule has 2 aromatic heterocycles. The van der Waals surface area contributed by atoms with Crippen LogP contribution in [0.1, 0.15) is 49.8 Å². The zero-order valence-corrected chi connectivity index (χ0v) is 25.8. The van der Waals surface area contributed by atoms with Crippen LogP contribution in [-0.4, -0.2) is 34.6 Å². The predicted octanol–water partition coefficient (Wildman–Crippen LogP) is 7.16. The van der Waals surface area contributed by atoms with Crippen molar-refractivity contribution in [3.8, 4) is 0 Å². The second-order valence-corrected chi connectivity index (χ2v) is 12.1. The number of ether oxygens (including phenoxy) is 1. The first-order valence-corrected chi connectivity index (χ1v) is 16.0. The van der Waals surface area contributed by atoms with Gasteiger partial charge >= 0.3 is 0 Å². The second kappa shape index (κ2) is 12.9. The van der Waals surface area contributed by atoms with E-state index in [1.807, 2.05) is 84.9 Å². The van der Waals surface area contributed by atoms with Crippen LogP contribution >= 0.6 is 0 Å². The Bertz CT molecular complexity index is 1780. The topological polar surface area (TPSA) is 105 Å². The third-order valence-corrected chi connectivity index (χ3v) is 9.45. The molecule has 0 spiro atoms. The molecule has 4 aromatic rings. The fourth-order valence-electron chi connectivity index (χ4n) is 7.29. The summed E-state index contributed by atoms with van der Waals surface area (Å²) in [4.78, 5) is 33.8. The molecule has 0 saturated carbocycles. The number of hydrogen-bond donors (Lipinski definition) is 2. The zero-order valence-electron chi connectivity index (χ0n) is 25.8. The monoisotopic (exact) mass is 615 g/mol. The number of carbonyl (C=O) groups is 2. The van der Waals surface area contributed by atoms with Crippen molar-refractivity contribution in [3.05, 3.63) is 119 Å². The molecule has 2 N–H and O–H groups in total. The van der Waals surface area contributed by atoms with Crippen molar-refractivity contribution in [1.82, 2.24) is 4.98 Å². The number of amides is 2. The summed E-state index contributed by atoms with van der Waals surface area (Å²) in [5, 5.41) is 12.8. The molecular formula is C38H37N3O5. The maximum atomic E-state index is 14.0. The van der Waals surface area contributed by atoms with E-state index in [9.17, 15) is 14.7 Å². The van der Waals surface area contributed by atoms with Gasteiger partial charge in [0.2, 0.25) is 11.8 Å².